The lowest BCUT2D eigenvalue weighted by atomic mass is 10.2. The molecule has 1 aromatic rings. The Labute approximate surface area is 84.3 Å². The summed E-state index contributed by atoms with van der Waals surface area (Å²) in [5.41, 5.74) is 1.88. The summed E-state index contributed by atoms with van der Waals surface area (Å²) in [6, 6.07) is 5.42. The third-order valence-electron chi connectivity index (χ3n) is 2.61. The molecule has 0 spiro atoms. The molecule has 0 atom stereocenters. The van der Waals surface area contributed by atoms with Crippen molar-refractivity contribution >= 4 is 15.5 Å². The smallest absolute Gasteiger partial charge is 0.182 e. The van der Waals surface area contributed by atoms with Crippen molar-refractivity contribution in [3.05, 3.63) is 23.8 Å². The molecule has 0 bridgehead atoms. The SMILES string of the molecule is Cc1cccc2c1N(C)CCS2(=O)=O. The largest absolute Gasteiger partial charge is 0.372 e. The molecule has 0 radical (unpaired) electrons. The second kappa shape index (κ2) is 2.98. The Morgan fingerprint density at radius 3 is 2.71 bits per heavy atom. The second-order valence-corrected chi connectivity index (χ2v) is 5.74. The van der Waals surface area contributed by atoms with Gasteiger partial charge in [-0.1, -0.05) is 12.1 Å². The van der Waals surface area contributed by atoms with Crippen LogP contribution in [0.1, 0.15) is 5.56 Å². The van der Waals surface area contributed by atoms with E-state index >= 15 is 0 Å². The van der Waals surface area contributed by atoms with Gasteiger partial charge in [-0.05, 0) is 18.6 Å². The molecule has 1 heterocycles. The van der Waals surface area contributed by atoms with E-state index in [0.29, 0.717) is 11.4 Å². The Morgan fingerprint density at radius 2 is 2.07 bits per heavy atom. The summed E-state index contributed by atoms with van der Waals surface area (Å²) in [5, 5.41) is 0. The van der Waals surface area contributed by atoms with Gasteiger partial charge in [-0.2, -0.15) is 0 Å². The van der Waals surface area contributed by atoms with Crippen LogP contribution in [0.3, 0.4) is 0 Å². The van der Waals surface area contributed by atoms with Crippen molar-refractivity contribution in [2.45, 2.75) is 11.8 Å². The zero-order valence-electron chi connectivity index (χ0n) is 8.32. The van der Waals surface area contributed by atoms with E-state index in [1.54, 1.807) is 12.1 Å². The first-order chi connectivity index (χ1) is 6.52. The molecular formula is C10H13NO2S. The number of benzene rings is 1. The van der Waals surface area contributed by atoms with Crippen LogP contribution in [0, 0.1) is 6.92 Å². The van der Waals surface area contributed by atoms with Crippen molar-refractivity contribution in [2.24, 2.45) is 0 Å². The van der Waals surface area contributed by atoms with E-state index < -0.39 is 9.84 Å². The van der Waals surface area contributed by atoms with Crippen molar-refractivity contribution < 1.29 is 8.42 Å². The molecule has 3 nitrogen and oxygen atoms in total. The molecule has 1 aliphatic rings. The highest BCUT2D eigenvalue weighted by Gasteiger charge is 2.27. The number of hydrogen-bond donors (Lipinski definition) is 0. The first-order valence-corrected chi connectivity index (χ1v) is 6.21. The van der Waals surface area contributed by atoms with E-state index in [4.69, 9.17) is 0 Å². The van der Waals surface area contributed by atoms with Gasteiger partial charge in [-0.25, -0.2) is 8.42 Å². The fourth-order valence-corrected chi connectivity index (χ4v) is 3.48. The van der Waals surface area contributed by atoms with E-state index in [2.05, 4.69) is 0 Å². The number of anilines is 1. The number of fused-ring (bicyclic) bond motifs is 1. The summed E-state index contributed by atoms with van der Waals surface area (Å²) >= 11 is 0. The minimum atomic E-state index is -3.04. The molecule has 14 heavy (non-hydrogen) atoms. The summed E-state index contributed by atoms with van der Waals surface area (Å²) in [5.74, 6) is 0.222. The number of nitrogens with zero attached hydrogens (tertiary/aromatic N) is 1. The van der Waals surface area contributed by atoms with Crippen LogP contribution >= 0.6 is 0 Å². The lowest BCUT2D eigenvalue weighted by molar-refractivity contribution is 0.591. The predicted octanol–water partition coefficient (Wildman–Crippen LogP) is 1.22. The van der Waals surface area contributed by atoms with E-state index in [1.165, 1.54) is 0 Å². The first kappa shape index (κ1) is 9.52. The van der Waals surface area contributed by atoms with E-state index in [-0.39, 0.29) is 5.75 Å². The van der Waals surface area contributed by atoms with Crippen molar-refractivity contribution in [3.8, 4) is 0 Å². The number of para-hydroxylation sites is 1. The third-order valence-corrected chi connectivity index (χ3v) is 4.33. The van der Waals surface area contributed by atoms with Crippen molar-refractivity contribution in [1.29, 1.82) is 0 Å². The van der Waals surface area contributed by atoms with Crippen molar-refractivity contribution in [2.75, 3.05) is 24.2 Å². The van der Waals surface area contributed by atoms with Crippen LogP contribution in [0.15, 0.2) is 23.1 Å². The zero-order valence-corrected chi connectivity index (χ0v) is 9.13. The maximum Gasteiger partial charge on any atom is 0.182 e. The molecule has 76 valence electrons. The molecule has 0 N–H and O–H groups in total. The predicted molar refractivity (Wildman–Crippen MR) is 56.5 cm³/mol. The molecule has 4 heteroatoms. The summed E-state index contributed by atoms with van der Waals surface area (Å²) in [4.78, 5) is 2.48. The van der Waals surface area contributed by atoms with Crippen LogP contribution < -0.4 is 4.90 Å². The fraction of sp³-hybridized carbons (Fsp3) is 0.400. The second-order valence-electron chi connectivity index (χ2n) is 3.66. The highest BCUT2D eigenvalue weighted by Crippen LogP contribution is 2.32. The van der Waals surface area contributed by atoms with Crippen LogP contribution in [-0.4, -0.2) is 27.8 Å². The Morgan fingerprint density at radius 1 is 1.36 bits per heavy atom. The normalized spacial score (nSPS) is 19.1. The van der Waals surface area contributed by atoms with Gasteiger partial charge in [-0.3, -0.25) is 0 Å². The number of rotatable bonds is 0. The fourth-order valence-electron chi connectivity index (χ4n) is 1.85. The Kier molecular flexibility index (Phi) is 2.03. The quantitative estimate of drug-likeness (QED) is 0.647. The maximum absolute atomic E-state index is 11.7. The molecule has 0 amide bonds. The van der Waals surface area contributed by atoms with E-state index in [0.717, 1.165) is 11.3 Å². The van der Waals surface area contributed by atoms with Gasteiger partial charge in [0.2, 0.25) is 0 Å². The number of hydrogen-bond acceptors (Lipinski definition) is 3. The van der Waals surface area contributed by atoms with Crippen molar-refractivity contribution in [3.63, 3.8) is 0 Å². The molecule has 1 aromatic carbocycles. The Hall–Kier alpha value is -1.03. The molecule has 0 fully saturated rings. The van der Waals surface area contributed by atoms with Gasteiger partial charge in [0.25, 0.3) is 0 Å². The lowest BCUT2D eigenvalue weighted by Crippen LogP contribution is -2.32. The van der Waals surface area contributed by atoms with Gasteiger partial charge in [-0.15, -0.1) is 0 Å². The topological polar surface area (TPSA) is 37.4 Å². The van der Waals surface area contributed by atoms with Gasteiger partial charge >= 0.3 is 0 Å². The molecule has 0 saturated carbocycles. The monoisotopic (exact) mass is 211 g/mol. The number of aryl methyl sites for hydroxylation is 1. The van der Waals surface area contributed by atoms with Crippen LogP contribution in [0.5, 0.6) is 0 Å². The van der Waals surface area contributed by atoms with Crippen LogP contribution in [0.2, 0.25) is 0 Å². The van der Waals surface area contributed by atoms with Gasteiger partial charge < -0.3 is 4.90 Å². The van der Waals surface area contributed by atoms with Crippen LogP contribution in [0.25, 0.3) is 0 Å². The first-order valence-electron chi connectivity index (χ1n) is 4.56. The zero-order chi connectivity index (χ0) is 10.3. The average molecular weight is 211 g/mol. The molecule has 2 rings (SSSR count). The van der Waals surface area contributed by atoms with Gasteiger partial charge in [0.05, 0.1) is 16.3 Å². The van der Waals surface area contributed by atoms with Crippen molar-refractivity contribution in [1.82, 2.24) is 0 Å². The standard InChI is InChI=1S/C10H13NO2S/c1-8-4-3-5-9-10(8)11(2)6-7-14(9,12)13/h3-5H,6-7H2,1-2H3. The molecule has 0 unspecified atom stereocenters. The Balaban J connectivity index is 2.75. The molecular weight excluding hydrogens is 198 g/mol. The highest BCUT2D eigenvalue weighted by molar-refractivity contribution is 7.91. The molecule has 1 aliphatic heterocycles. The van der Waals surface area contributed by atoms with Gasteiger partial charge in [0, 0.05) is 13.6 Å². The summed E-state index contributed by atoms with van der Waals surface area (Å²) in [6.45, 7) is 2.52. The minimum Gasteiger partial charge on any atom is -0.372 e. The minimum absolute atomic E-state index is 0.222. The van der Waals surface area contributed by atoms with Crippen LogP contribution in [-0.2, 0) is 9.84 Å². The summed E-state index contributed by atoms with van der Waals surface area (Å²) in [7, 11) is -1.11. The summed E-state index contributed by atoms with van der Waals surface area (Å²) < 4.78 is 23.5. The van der Waals surface area contributed by atoms with Crippen LogP contribution in [0.4, 0.5) is 5.69 Å². The molecule has 0 aliphatic carbocycles. The summed E-state index contributed by atoms with van der Waals surface area (Å²) in [6.07, 6.45) is 0. The average Bonchev–Trinajstić information content (AvgIpc) is 2.12. The Bertz CT molecular complexity index is 465. The third kappa shape index (κ3) is 1.30. The molecule has 0 aromatic heterocycles. The van der Waals surface area contributed by atoms with Gasteiger partial charge in [0.1, 0.15) is 0 Å². The number of sulfone groups is 1. The lowest BCUT2D eigenvalue weighted by Gasteiger charge is -2.28. The maximum atomic E-state index is 11.7. The van der Waals surface area contributed by atoms with E-state index in [1.807, 2.05) is 24.9 Å². The van der Waals surface area contributed by atoms with E-state index in [9.17, 15) is 8.42 Å². The van der Waals surface area contributed by atoms with Gasteiger partial charge in [0.15, 0.2) is 9.84 Å². The molecule has 0 saturated heterocycles. The highest BCUT2D eigenvalue weighted by atomic mass is 32.2.